The van der Waals surface area contributed by atoms with Crippen molar-refractivity contribution in [3.8, 4) is 0 Å². The molecule has 2 unspecified atom stereocenters. The molecule has 0 aromatic rings. The first kappa shape index (κ1) is 13.9. The number of rotatable bonds is 7. The van der Waals surface area contributed by atoms with Gasteiger partial charge in [-0.05, 0) is 25.7 Å². The third-order valence-electron chi connectivity index (χ3n) is 2.58. The summed E-state index contributed by atoms with van der Waals surface area (Å²) in [7, 11) is -2.83. The van der Waals surface area contributed by atoms with Crippen LogP contribution in [0, 0.1) is 5.92 Å². The highest BCUT2D eigenvalue weighted by Gasteiger charge is 2.16. The normalized spacial score (nSPS) is 16.6. The maximum Gasteiger partial charge on any atom is 0.150 e. The molecular formula is C10H23NO2S. The van der Waals surface area contributed by atoms with Crippen LogP contribution in [0.5, 0.6) is 0 Å². The Kier molecular flexibility index (Phi) is 6.36. The summed E-state index contributed by atoms with van der Waals surface area (Å²) in [6.07, 6.45) is 2.37. The van der Waals surface area contributed by atoms with E-state index in [4.69, 9.17) is 5.73 Å². The van der Waals surface area contributed by atoms with E-state index in [-0.39, 0.29) is 6.04 Å². The molecule has 14 heavy (non-hydrogen) atoms. The average molecular weight is 221 g/mol. The van der Waals surface area contributed by atoms with Gasteiger partial charge in [0.15, 0.2) is 0 Å². The van der Waals surface area contributed by atoms with Gasteiger partial charge in [0.05, 0.1) is 5.75 Å². The maximum atomic E-state index is 11.4. The van der Waals surface area contributed by atoms with E-state index in [9.17, 15) is 8.42 Å². The fourth-order valence-electron chi connectivity index (χ4n) is 1.58. The zero-order valence-corrected chi connectivity index (χ0v) is 10.3. The smallest absolute Gasteiger partial charge is 0.150 e. The van der Waals surface area contributed by atoms with Crippen LogP contribution in [0.15, 0.2) is 0 Å². The molecule has 3 nitrogen and oxygen atoms in total. The van der Waals surface area contributed by atoms with Gasteiger partial charge in [0, 0.05) is 11.8 Å². The van der Waals surface area contributed by atoms with Crippen LogP contribution < -0.4 is 5.73 Å². The summed E-state index contributed by atoms with van der Waals surface area (Å²) in [4.78, 5) is 0. The molecule has 0 aliphatic heterocycles. The van der Waals surface area contributed by atoms with Crippen LogP contribution in [0.25, 0.3) is 0 Å². The van der Waals surface area contributed by atoms with Crippen molar-refractivity contribution < 1.29 is 8.42 Å². The fourth-order valence-corrected chi connectivity index (χ4v) is 3.07. The highest BCUT2D eigenvalue weighted by atomic mass is 32.2. The summed E-state index contributed by atoms with van der Waals surface area (Å²) in [5, 5.41) is 0. The second-order valence-corrected chi connectivity index (χ2v) is 6.27. The van der Waals surface area contributed by atoms with Crippen LogP contribution in [0.3, 0.4) is 0 Å². The van der Waals surface area contributed by atoms with Crippen molar-refractivity contribution in [2.24, 2.45) is 11.7 Å². The molecule has 0 amide bonds. The Bertz CT molecular complexity index is 235. The lowest BCUT2D eigenvalue weighted by Gasteiger charge is -2.18. The fraction of sp³-hybridized carbons (Fsp3) is 1.00. The average Bonchev–Trinajstić information content (AvgIpc) is 2.04. The van der Waals surface area contributed by atoms with Gasteiger partial charge < -0.3 is 5.73 Å². The molecule has 0 aliphatic rings. The SMILES string of the molecule is CCCS(=O)(=O)CCC(CC)C(C)N. The molecule has 0 spiro atoms. The predicted octanol–water partition coefficient (Wildman–Crippen LogP) is 1.57. The van der Waals surface area contributed by atoms with E-state index in [1.807, 2.05) is 13.8 Å². The van der Waals surface area contributed by atoms with Gasteiger partial charge in [0.2, 0.25) is 0 Å². The zero-order valence-electron chi connectivity index (χ0n) is 9.49. The van der Waals surface area contributed by atoms with Crippen LogP contribution in [-0.2, 0) is 9.84 Å². The van der Waals surface area contributed by atoms with Crippen LogP contribution in [-0.4, -0.2) is 26.0 Å². The third kappa shape index (κ3) is 5.60. The van der Waals surface area contributed by atoms with Gasteiger partial charge >= 0.3 is 0 Å². The minimum Gasteiger partial charge on any atom is -0.328 e. The molecular weight excluding hydrogens is 198 g/mol. The lowest BCUT2D eigenvalue weighted by Crippen LogP contribution is -2.28. The first-order chi connectivity index (χ1) is 6.43. The molecule has 86 valence electrons. The van der Waals surface area contributed by atoms with Crippen molar-refractivity contribution in [1.82, 2.24) is 0 Å². The van der Waals surface area contributed by atoms with Crippen LogP contribution in [0.2, 0.25) is 0 Å². The lowest BCUT2D eigenvalue weighted by molar-refractivity contribution is 0.417. The molecule has 4 heteroatoms. The molecule has 0 rings (SSSR count). The lowest BCUT2D eigenvalue weighted by atomic mass is 9.96. The summed E-state index contributed by atoms with van der Waals surface area (Å²) >= 11 is 0. The Morgan fingerprint density at radius 1 is 1.21 bits per heavy atom. The van der Waals surface area contributed by atoms with E-state index in [1.54, 1.807) is 0 Å². The molecule has 2 atom stereocenters. The molecule has 0 bridgehead atoms. The second kappa shape index (κ2) is 6.40. The van der Waals surface area contributed by atoms with Crippen LogP contribution in [0.4, 0.5) is 0 Å². The standard InChI is InChI=1S/C10H23NO2S/c1-4-7-14(12,13)8-6-10(5-2)9(3)11/h9-10H,4-8,11H2,1-3H3. The van der Waals surface area contributed by atoms with Crippen LogP contribution in [0.1, 0.15) is 40.0 Å². The quantitative estimate of drug-likeness (QED) is 0.710. The van der Waals surface area contributed by atoms with E-state index in [2.05, 4.69) is 6.92 Å². The third-order valence-corrected chi connectivity index (χ3v) is 4.47. The van der Waals surface area contributed by atoms with E-state index in [0.29, 0.717) is 30.3 Å². The highest BCUT2D eigenvalue weighted by Crippen LogP contribution is 2.13. The molecule has 0 aliphatic carbocycles. The summed E-state index contributed by atoms with van der Waals surface area (Å²) in [5.41, 5.74) is 5.76. The maximum absolute atomic E-state index is 11.4. The molecule has 0 fully saturated rings. The van der Waals surface area contributed by atoms with E-state index in [1.165, 1.54) is 0 Å². The minimum absolute atomic E-state index is 0.0943. The van der Waals surface area contributed by atoms with Crippen molar-refractivity contribution in [2.45, 2.75) is 46.1 Å². The van der Waals surface area contributed by atoms with Crippen molar-refractivity contribution in [3.63, 3.8) is 0 Å². The largest absolute Gasteiger partial charge is 0.328 e. The van der Waals surface area contributed by atoms with E-state index in [0.717, 1.165) is 6.42 Å². The van der Waals surface area contributed by atoms with Crippen molar-refractivity contribution in [2.75, 3.05) is 11.5 Å². The summed E-state index contributed by atoms with van der Waals surface area (Å²) in [5.74, 6) is 0.935. The van der Waals surface area contributed by atoms with Crippen molar-refractivity contribution >= 4 is 9.84 Å². The Morgan fingerprint density at radius 2 is 1.79 bits per heavy atom. The van der Waals surface area contributed by atoms with Crippen LogP contribution >= 0.6 is 0 Å². The first-order valence-electron chi connectivity index (χ1n) is 5.39. The van der Waals surface area contributed by atoms with Crippen molar-refractivity contribution in [3.05, 3.63) is 0 Å². The topological polar surface area (TPSA) is 60.2 Å². The predicted molar refractivity (Wildman–Crippen MR) is 61.0 cm³/mol. The zero-order chi connectivity index (χ0) is 11.2. The van der Waals surface area contributed by atoms with Crippen molar-refractivity contribution in [1.29, 1.82) is 0 Å². The molecule has 0 radical (unpaired) electrons. The monoisotopic (exact) mass is 221 g/mol. The molecule has 0 aromatic heterocycles. The molecule has 0 saturated heterocycles. The first-order valence-corrected chi connectivity index (χ1v) is 7.21. The minimum atomic E-state index is -2.83. The van der Waals surface area contributed by atoms with Gasteiger partial charge in [-0.2, -0.15) is 0 Å². The Balaban J connectivity index is 4.03. The number of nitrogens with two attached hydrogens (primary N) is 1. The number of hydrogen-bond donors (Lipinski definition) is 1. The Morgan fingerprint density at radius 3 is 2.14 bits per heavy atom. The second-order valence-electron chi connectivity index (χ2n) is 3.97. The van der Waals surface area contributed by atoms with E-state index < -0.39 is 9.84 Å². The molecule has 0 aromatic carbocycles. The van der Waals surface area contributed by atoms with E-state index >= 15 is 0 Å². The van der Waals surface area contributed by atoms with Gasteiger partial charge in [-0.25, -0.2) is 8.42 Å². The highest BCUT2D eigenvalue weighted by molar-refractivity contribution is 7.91. The van der Waals surface area contributed by atoms with Gasteiger partial charge in [-0.1, -0.05) is 20.3 Å². The van der Waals surface area contributed by atoms with Gasteiger partial charge in [-0.15, -0.1) is 0 Å². The summed E-state index contributed by atoms with van der Waals surface area (Å²) in [6.45, 7) is 5.89. The van der Waals surface area contributed by atoms with Gasteiger partial charge in [0.25, 0.3) is 0 Å². The summed E-state index contributed by atoms with van der Waals surface area (Å²) < 4.78 is 22.9. The van der Waals surface area contributed by atoms with Gasteiger partial charge in [-0.3, -0.25) is 0 Å². The number of hydrogen-bond acceptors (Lipinski definition) is 3. The molecule has 2 N–H and O–H groups in total. The molecule has 0 heterocycles. The Labute approximate surface area is 88.0 Å². The summed E-state index contributed by atoms with van der Waals surface area (Å²) in [6, 6.07) is 0.0943. The number of sulfone groups is 1. The van der Waals surface area contributed by atoms with Gasteiger partial charge in [0.1, 0.15) is 9.84 Å². The Hall–Kier alpha value is -0.0900. The molecule has 0 saturated carbocycles.